The number of nitrogens with one attached hydrogen (secondary N) is 3. The van der Waals surface area contributed by atoms with E-state index in [9.17, 15) is 14.4 Å². The van der Waals surface area contributed by atoms with E-state index in [1.807, 2.05) is 6.07 Å². The molecule has 3 amide bonds. The summed E-state index contributed by atoms with van der Waals surface area (Å²) in [6.45, 7) is 2.75. The first-order valence-electron chi connectivity index (χ1n) is 12.0. The Morgan fingerprint density at radius 2 is 1.57 bits per heavy atom. The third-order valence-corrected chi connectivity index (χ3v) is 5.81. The van der Waals surface area contributed by atoms with Crippen LogP contribution in [0.25, 0.3) is 10.9 Å². The Morgan fingerprint density at radius 1 is 0.838 bits per heavy atom. The molecule has 9 heteroatoms. The molecule has 0 saturated carbocycles. The standard InChI is InChI=1S/C28H27ClN4O4/c1-2-3-7-16-37-23-13-11-22(12-14-23)31-27(35)28(36)32-33-24-15-10-20(29)17-19(24)18-25(33)26(34)30-21-8-5-4-6-9-21/h4-6,8-15,17-18H,2-3,7,16H2,1H3,(H,30,34)(H,31,35)(H,32,36). The number of unbranched alkanes of at least 4 members (excludes halogenated alkanes) is 2. The van der Waals surface area contributed by atoms with Crippen molar-refractivity contribution in [2.45, 2.75) is 26.2 Å². The number of carbonyl (C=O) groups excluding carboxylic acids is 3. The maximum atomic E-state index is 13.0. The molecule has 0 atom stereocenters. The largest absolute Gasteiger partial charge is 0.494 e. The summed E-state index contributed by atoms with van der Waals surface area (Å²) in [5, 5.41) is 6.45. The van der Waals surface area contributed by atoms with E-state index in [1.54, 1.807) is 72.8 Å². The van der Waals surface area contributed by atoms with Crippen LogP contribution in [0.4, 0.5) is 11.4 Å². The van der Waals surface area contributed by atoms with Crippen molar-refractivity contribution in [3.63, 3.8) is 0 Å². The minimum absolute atomic E-state index is 0.131. The zero-order chi connectivity index (χ0) is 26.2. The maximum Gasteiger partial charge on any atom is 0.328 e. The van der Waals surface area contributed by atoms with Crippen LogP contribution < -0.4 is 20.8 Å². The molecule has 37 heavy (non-hydrogen) atoms. The van der Waals surface area contributed by atoms with Crippen LogP contribution in [0.1, 0.15) is 36.7 Å². The number of carbonyl (C=O) groups is 3. The van der Waals surface area contributed by atoms with Gasteiger partial charge in [-0.25, -0.2) is 4.68 Å². The van der Waals surface area contributed by atoms with Gasteiger partial charge in [-0.15, -0.1) is 0 Å². The molecule has 3 N–H and O–H groups in total. The van der Waals surface area contributed by atoms with E-state index in [2.05, 4.69) is 23.0 Å². The Labute approximate surface area is 219 Å². The Balaban J connectivity index is 1.47. The fourth-order valence-electron chi connectivity index (χ4n) is 3.71. The van der Waals surface area contributed by atoms with E-state index in [1.165, 1.54) is 4.68 Å². The molecule has 0 aliphatic heterocycles. The normalized spacial score (nSPS) is 10.6. The average molecular weight is 519 g/mol. The first-order valence-corrected chi connectivity index (χ1v) is 12.3. The number of benzene rings is 3. The van der Waals surface area contributed by atoms with Gasteiger partial charge in [-0.3, -0.25) is 19.8 Å². The third kappa shape index (κ3) is 6.68. The van der Waals surface area contributed by atoms with Gasteiger partial charge in [0.1, 0.15) is 11.4 Å². The Hall–Kier alpha value is -4.30. The van der Waals surface area contributed by atoms with Gasteiger partial charge in [0.2, 0.25) is 0 Å². The van der Waals surface area contributed by atoms with E-state index < -0.39 is 17.7 Å². The van der Waals surface area contributed by atoms with Crippen LogP contribution >= 0.6 is 11.6 Å². The lowest BCUT2D eigenvalue weighted by atomic mass is 10.2. The summed E-state index contributed by atoms with van der Waals surface area (Å²) in [4.78, 5) is 38.5. The number of halogens is 1. The molecule has 0 aliphatic rings. The summed E-state index contributed by atoms with van der Waals surface area (Å²) in [6, 6.07) is 22.3. The zero-order valence-corrected chi connectivity index (χ0v) is 21.0. The number of para-hydroxylation sites is 1. The van der Waals surface area contributed by atoms with Crippen molar-refractivity contribution in [3.8, 4) is 5.75 Å². The van der Waals surface area contributed by atoms with Crippen LogP contribution in [0.3, 0.4) is 0 Å². The molecule has 8 nitrogen and oxygen atoms in total. The molecule has 1 aromatic heterocycles. The van der Waals surface area contributed by atoms with E-state index in [0.29, 0.717) is 39.7 Å². The molecule has 0 unspecified atom stereocenters. The van der Waals surface area contributed by atoms with Crippen molar-refractivity contribution in [1.29, 1.82) is 0 Å². The molecule has 4 rings (SSSR count). The molecule has 0 aliphatic carbocycles. The molecule has 4 aromatic rings. The lowest BCUT2D eigenvalue weighted by molar-refractivity contribution is -0.133. The van der Waals surface area contributed by atoms with E-state index in [4.69, 9.17) is 16.3 Å². The number of rotatable bonds is 9. The Bertz CT molecular complexity index is 1400. The minimum atomic E-state index is -0.943. The number of anilines is 2. The lowest BCUT2D eigenvalue weighted by Gasteiger charge is -2.13. The number of aromatic nitrogens is 1. The summed E-state index contributed by atoms with van der Waals surface area (Å²) in [5.74, 6) is -1.61. The monoisotopic (exact) mass is 518 g/mol. The number of amides is 3. The molecule has 1 heterocycles. The van der Waals surface area contributed by atoms with E-state index >= 15 is 0 Å². The van der Waals surface area contributed by atoms with Gasteiger partial charge in [-0.1, -0.05) is 49.6 Å². The summed E-state index contributed by atoms with van der Waals surface area (Å²) < 4.78 is 6.95. The van der Waals surface area contributed by atoms with Crippen molar-refractivity contribution in [3.05, 3.63) is 89.6 Å². The quantitative estimate of drug-likeness (QED) is 0.192. The first-order chi connectivity index (χ1) is 17.9. The van der Waals surface area contributed by atoms with Gasteiger partial charge in [0.15, 0.2) is 0 Å². The number of ether oxygens (including phenoxy) is 1. The molecular weight excluding hydrogens is 492 g/mol. The zero-order valence-electron chi connectivity index (χ0n) is 20.3. The van der Waals surface area contributed by atoms with Crippen LogP contribution in [0.5, 0.6) is 5.75 Å². The van der Waals surface area contributed by atoms with Crippen LogP contribution in [0.2, 0.25) is 5.02 Å². The molecule has 0 saturated heterocycles. The van der Waals surface area contributed by atoms with Crippen LogP contribution in [0.15, 0.2) is 78.9 Å². The third-order valence-electron chi connectivity index (χ3n) is 5.58. The molecule has 0 radical (unpaired) electrons. The fraction of sp³-hybridized carbons (Fsp3) is 0.179. The second-order valence-corrected chi connectivity index (χ2v) is 8.80. The van der Waals surface area contributed by atoms with E-state index in [-0.39, 0.29) is 5.69 Å². The topological polar surface area (TPSA) is 101 Å². The van der Waals surface area contributed by atoms with Gasteiger partial charge >= 0.3 is 11.8 Å². The Kier molecular flexibility index (Phi) is 8.43. The second-order valence-electron chi connectivity index (χ2n) is 8.36. The lowest BCUT2D eigenvalue weighted by Crippen LogP contribution is -2.36. The Morgan fingerprint density at radius 3 is 2.30 bits per heavy atom. The van der Waals surface area contributed by atoms with Gasteiger partial charge in [0, 0.05) is 21.8 Å². The van der Waals surface area contributed by atoms with Crippen molar-refractivity contribution in [2.75, 3.05) is 22.7 Å². The number of fused-ring (bicyclic) bond motifs is 1. The highest BCUT2D eigenvalue weighted by atomic mass is 35.5. The SMILES string of the molecule is CCCCCOc1ccc(NC(=O)C(=O)Nn2c(C(=O)Nc3ccccc3)cc3cc(Cl)ccc32)cc1. The number of hydrogen-bond donors (Lipinski definition) is 3. The summed E-state index contributed by atoms with van der Waals surface area (Å²) >= 11 is 6.12. The second kappa shape index (κ2) is 12.1. The fourth-order valence-corrected chi connectivity index (χ4v) is 3.89. The van der Waals surface area contributed by atoms with Gasteiger partial charge in [-0.2, -0.15) is 0 Å². The van der Waals surface area contributed by atoms with Gasteiger partial charge in [-0.05, 0) is 67.1 Å². The molecule has 3 aromatic carbocycles. The molecule has 0 spiro atoms. The average Bonchev–Trinajstić information content (AvgIpc) is 3.25. The van der Waals surface area contributed by atoms with E-state index in [0.717, 1.165) is 19.3 Å². The predicted molar refractivity (Wildman–Crippen MR) is 146 cm³/mol. The molecule has 0 fully saturated rings. The highest BCUT2D eigenvalue weighted by molar-refractivity contribution is 6.42. The molecular formula is C28H27ClN4O4. The van der Waals surface area contributed by atoms with Crippen LogP contribution in [0, 0.1) is 0 Å². The van der Waals surface area contributed by atoms with Crippen molar-refractivity contribution < 1.29 is 19.1 Å². The van der Waals surface area contributed by atoms with Crippen molar-refractivity contribution in [2.24, 2.45) is 0 Å². The van der Waals surface area contributed by atoms with Gasteiger partial charge < -0.3 is 15.4 Å². The number of hydrogen-bond acceptors (Lipinski definition) is 4. The van der Waals surface area contributed by atoms with Crippen molar-refractivity contribution in [1.82, 2.24) is 4.68 Å². The first kappa shape index (κ1) is 25.8. The maximum absolute atomic E-state index is 13.0. The van der Waals surface area contributed by atoms with Gasteiger partial charge in [0.25, 0.3) is 5.91 Å². The highest BCUT2D eigenvalue weighted by Gasteiger charge is 2.21. The highest BCUT2D eigenvalue weighted by Crippen LogP contribution is 2.24. The minimum Gasteiger partial charge on any atom is -0.494 e. The molecule has 190 valence electrons. The molecule has 0 bridgehead atoms. The number of nitrogens with zero attached hydrogens (tertiary/aromatic N) is 1. The van der Waals surface area contributed by atoms with Gasteiger partial charge in [0.05, 0.1) is 12.1 Å². The van der Waals surface area contributed by atoms with Crippen LogP contribution in [-0.4, -0.2) is 29.0 Å². The summed E-state index contributed by atoms with van der Waals surface area (Å²) in [6.07, 6.45) is 3.19. The predicted octanol–water partition coefficient (Wildman–Crippen LogP) is 5.82. The van der Waals surface area contributed by atoms with Crippen LogP contribution in [-0.2, 0) is 9.59 Å². The smallest absolute Gasteiger partial charge is 0.328 e. The van der Waals surface area contributed by atoms with Crippen molar-refractivity contribution >= 4 is 51.6 Å². The summed E-state index contributed by atoms with van der Waals surface area (Å²) in [7, 11) is 0. The summed E-state index contributed by atoms with van der Waals surface area (Å²) in [5.41, 5.74) is 4.19.